The number of fused-ring (bicyclic) bond motifs is 1. The van der Waals surface area contributed by atoms with E-state index in [1.165, 1.54) is 0 Å². The highest BCUT2D eigenvalue weighted by atomic mass is 16.2. The summed E-state index contributed by atoms with van der Waals surface area (Å²) >= 11 is 0. The Kier molecular flexibility index (Phi) is 3.22. The number of aryl methyl sites for hydroxylation is 2. The molecule has 4 heteroatoms. The van der Waals surface area contributed by atoms with E-state index in [2.05, 4.69) is 15.6 Å². The van der Waals surface area contributed by atoms with Gasteiger partial charge in [-0.3, -0.25) is 0 Å². The third-order valence-electron chi connectivity index (χ3n) is 2.83. The van der Waals surface area contributed by atoms with Crippen LogP contribution in [-0.4, -0.2) is 21.3 Å². The Morgan fingerprint density at radius 2 is 2.25 bits per heavy atom. The fourth-order valence-electron chi connectivity index (χ4n) is 1.87. The Hall–Kier alpha value is -1.39. The second kappa shape index (κ2) is 4.63. The summed E-state index contributed by atoms with van der Waals surface area (Å²) in [6, 6.07) is 6.08. The number of nitrogens with two attached hydrogens (primary N) is 1. The molecule has 0 atom stereocenters. The predicted molar refractivity (Wildman–Crippen MR) is 64.0 cm³/mol. The Labute approximate surface area is 94.7 Å². The molecule has 0 fully saturated rings. The fourth-order valence-corrected chi connectivity index (χ4v) is 1.87. The molecule has 0 aliphatic rings. The zero-order valence-corrected chi connectivity index (χ0v) is 9.48. The van der Waals surface area contributed by atoms with Gasteiger partial charge in [0.15, 0.2) is 0 Å². The summed E-state index contributed by atoms with van der Waals surface area (Å²) in [5, 5.41) is 8.82. The molecule has 0 bridgehead atoms. The Balaban J connectivity index is 2.42. The van der Waals surface area contributed by atoms with Crippen molar-refractivity contribution in [3.8, 4) is 0 Å². The van der Waals surface area contributed by atoms with Crippen LogP contribution in [0.3, 0.4) is 0 Å². The summed E-state index contributed by atoms with van der Waals surface area (Å²) in [5.74, 6) is 1.01. The van der Waals surface area contributed by atoms with E-state index < -0.39 is 0 Å². The molecule has 2 rings (SSSR count). The lowest BCUT2D eigenvalue weighted by Crippen LogP contribution is -2.00. The normalized spacial score (nSPS) is 11.2. The van der Waals surface area contributed by atoms with Crippen LogP contribution in [0.4, 0.5) is 0 Å². The molecule has 1 heterocycles. The Morgan fingerprint density at radius 1 is 1.44 bits per heavy atom. The first-order valence-electron chi connectivity index (χ1n) is 5.51. The van der Waals surface area contributed by atoms with E-state index in [4.69, 9.17) is 10.8 Å². The third kappa shape index (κ3) is 1.94. The van der Waals surface area contributed by atoms with Crippen molar-refractivity contribution in [2.24, 2.45) is 12.8 Å². The Morgan fingerprint density at radius 3 is 2.94 bits per heavy atom. The first-order valence-corrected chi connectivity index (χ1v) is 5.51. The lowest BCUT2D eigenvalue weighted by Gasteiger charge is -2.01. The van der Waals surface area contributed by atoms with Gasteiger partial charge in [-0.15, -0.1) is 0 Å². The van der Waals surface area contributed by atoms with Crippen LogP contribution in [-0.2, 0) is 20.0 Å². The van der Waals surface area contributed by atoms with E-state index in [0.717, 1.165) is 35.3 Å². The molecule has 4 nitrogen and oxygen atoms in total. The number of aliphatic hydroxyl groups is 1. The number of benzene rings is 1. The first-order chi connectivity index (χ1) is 7.76. The monoisotopic (exact) mass is 219 g/mol. The van der Waals surface area contributed by atoms with Crippen LogP contribution in [0.15, 0.2) is 18.2 Å². The van der Waals surface area contributed by atoms with E-state index in [1.807, 2.05) is 19.2 Å². The van der Waals surface area contributed by atoms with Gasteiger partial charge in [0.05, 0.1) is 11.0 Å². The third-order valence-corrected chi connectivity index (χ3v) is 2.83. The van der Waals surface area contributed by atoms with Gasteiger partial charge < -0.3 is 15.4 Å². The van der Waals surface area contributed by atoms with Crippen molar-refractivity contribution in [2.75, 3.05) is 6.61 Å². The maximum absolute atomic E-state index is 8.82. The van der Waals surface area contributed by atoms with Crippen molar-refractivity contribution < 1.29 is 5.11 Å². The van der Waals surface area contributed by atoms with Crippen molar-refractivity contribution in [3.05, 3.63) is 29.6 Å². The molecule has 86 valence electrons. The van der Waals surface area contributed by atoms with Crippen molar-refractivity contribution in [1.82, 2.24) is 9.55 Å². The van der Waals surface area contributed by atoms with E-state index in [0.29, 0.717) is 6.54 Å². The molecular formula is C12H17N3O. The van der Waals surface area contributed by atoms with Crippen molar-refractivity contribution in [1.29, 1.82) is 0 Å². The minimum Gasteiger partial charge on any atom is -0.396 e. The number of imidazole rings is 1. The number of rotatable bonds is 4. The molecule has 2 aromatic rings. The zero-order chi connectivity index (χ0) is 11.5. The van der Waals surface area contributed by atoms with E-state index in [-0.39, 0.29) is 6.61 Å². The largest absolute Gasteiger partial charge is 0.396 e. The van der Waals surface area contributed by atoms with Gasteiger partial charge >= 0.3 is 0 Å². The second-order valence-electron chi connectivity index (χ2n) is 3.94. The van der Waals surface area contributed by atoms with Crippen LogP contribution in [0.25, 0.3) is 11.0 Å². The Bertz CT molecular complexity index is 490. The topological polar surface area (TPSA) is 64.1 Å². The summed E-state index contributed by atoms with van der Waals surface area (Å²) in [4.78, 5) is 4.54. The first kappa shape index (κ1) is 11.1. The smallest absolute Gasteiger partial charge is 0.109 e. The van der Waals surface area contributed by atoms with Crippen LogP contribution in [0.1, 0.15) is 17.8 Å². The molecule has 1 aromatic carbocycles. The molecule has 0 radical (unpaired) electrons. The van der Waals surface area contributed by atoms with Gasteiger partial charge in [0.2, 0.25) is 0 Å². The van der Waals surface area contributed by atoms with E-state index in [1.54, 1.807) is 0 Å². The second-order valence-corrected chi connectivity index (χ2v) is 3.94. The summed E-state index contributed by atoms with van der Waals surface area (Å²) < 4.78 is 2.07. The molecule has 0 aliphatic carbocycles. The van der Waals surface area contributed by atoms with Gasteiger partial charge in [0, 0.05) is 26.6 Å². The summed E-state index contributed by atoms with van der Waals surface area (Å²) in [6.45, 7) is 0.754. The number of hydrogen-bond donors (Lipinski definition) is 2. The number of aliphatic hydroxyl groups excluding tert-OH is 1. The lowest BCUT2D eigenvalue weighted by molar-refractivity contribution is 0.287. The number of nitrogens with zero attached hydrogens (tertiary/aromatic N) is 2. The highest BCUT2D eigenvalue weighted by Crippen LogP contribution is 2.17. The molecule has 0 unspecified atom stereocenters. The van der Waals surface area contributed by atoms with Crippen LogP contribution in [0, 0.1) is 0 Å². The standard InChI is InChI=1S/C12H17N3O/c1-15-11-7-9(8-13)4-5-10(11)14-12(15)3-2-6-16/h4-5,7,16H,2-3,6,8,13H2,1H3. The number of hydrogen-bond acceptors (Lipinski definition) is 3. The molecule has 0 spiro atoms. The van der Waals surface area contributed by atoms with Crippen LogP contribution < -0.4 is 5.73 Å². The SMILES string of the molecule is Cn1c(CCCO)nc2ccc(CN)cc21. The van der Waals surface area contributed by atoms with Crippen LogP contribution >= 0.6 is 0 Å². The molecule has 0 amide bonds. The van der Waals surface area contributed by atoms with Crippen LogP contribution in [0.2, 0.25) is 0 Å². The summed E-state index contributed by atoms with van der Waals surface area (Å²) in [7, 11) is 2.00. The highest BCUT2D eigenvalue weighted by Gasteiger charge is 2.07. The molecule has 16 heavy (non-hydrogen) atoms. The number of aromatic nitrogens is 2. The van der Waals surface area contributed by atoms with Gasteiger partial charge in [-0.1, -0.05) is 6.07 Å². The van der Waals surface area contributed by atoms with Gasteiger partial charge in [0.25, 0.3) is 0 Å². The molecule has 1 aromatic heterocycles. The average molecular weight is 219 g/mol. The fraction of sp³-hybridized carbons (Fsp3) is 0.417. The summed E-state index contributed by atoms with van der Waals surface area (Å²) in [6.07, 6.45) is 1.56. The minimum absolute atomic E-state index is 0.206. The molecular weight excluding hydrogens is 202 g/mol. The van der Waals surface area contributed by atoms with Crippen molar-refractivity contribution in [3.63, 3.8) is 0 Å². The predicted octanol–water partition coefficient (Wildman–Crippen LogP) is 0.957. The van der Waals surface area contributed by atoms with E-state index in [9.17, 15) is 0 Å². The minimum atomic E-state index is 0.206. The van der Waals surface area contributed by atoms with Gasteiger partial charge in [-0.2, -0.15) is 0 Å². The van der Waals surface area contributed by atoms with Crippen LogP contribution in [0.5, 0.6) is 0 Å². The van der Waals surface area contributed by atoms with Gasteiger partial charge in [0.1, 0.15) is 5.82 Å². The average Bonchev–Trinajstić information content (AvgIpc) is 2.63. The lowest BCUT2D eigenvalue weighted by atomic mass is 10.2. The molecule has 0 saturated carbocycles. The summed E-state index contributed by atoms with van der Waals surface area (Å²) in [5.41, 5.74) is 8.83. The quantitative estimate of drug-likeness (QED) is 0.805. The van der Waals surface area contributed by atoms with Gasteiger partial charge in [-0.25, -0.2) is 4.98 Å². The maximum atomic E-state index is 8.82. The van der Waals surface area contributed by atoms with Crippen molar-refractivity contribution >= 4 is 11.0 Å². The maximum Gasteiger partial charge on any atom is 0.109 e. The van der Waals surface area contributed by atoms with Gasteiger partial charge in [-0.05, 0) is 24.1 Å². The van der Waals surface area contributed by atoms with E-state index >= 15 is 0 Å². The zero-order valence-electron chi connectivity index (χ0n) is 9.48. The molecule has 0 saturated heterocycles. The molecule has 3 N–H and O–H groups in total. The van der Waals surface area contributed by atoms with Crippen molar-refractivity contribution in [2.45, 2.75) is 19.4 Å². The molecule has 0 aliphatic heterocycles. The highest BCUT2D eigenvalue weighted by molar-refractivity contribution is 5.76.